The minimum Gasteiger partial charge on any atom is -0.479 e. The zero-order chi connectivity index (χ0) is 9.90. The molecule has 0 N–H and O–H groups in total. The van der Waals surface area contributed by atoms with E-state index in [1.807, 2.05) is 0 Å². The van der Waals surface area contributed by atoms with Gasteiger partial charge in [0.15, 0.2) is 5.60 Å². The predicted octanol–water partition coefficient (Wildman–Crippen LogP) is 2.10. The third kappa shape index (κ3) is 2.77. The van der Waals surface area contributed by atoms with Gasteiger partial charge in [-0.05, 0) is 32.0 Å². The lowest BCUT2D eigenvalue weighted by Crippen LogP contribution is -2.34. The van der Waals surface area contributed by atoms with Crippen LogP contribution in [0, 0.1) is 6.07 Å². The topological polar surface area (TPSA) is 26.3 Å². The SMILES string of the molecule is CC(C)(Oc1cc[c]cc1)C(=O)S. The highest BCUT2D eigenvalue weighted by Gasteiger charge is 2.26. The van der Waals surface area contributed by atoms with Crippen LogP contribution >= 0.6 is 12.6 Å². The van der Waals surface area contributed by atoms with Crippen LogP contribution in [0.3, 0.4) is 0 Å². The minimum atomic E-state index is -0.884. The Morgan fingerprint density at radius 2 is 2.00 bits per heavy atom. The van der Waals surface area contributed by atoms with Crippen LogP contribution in [0.1, 0.15) is 13.8 Å². The Kier molecular flexibility index (Phi) is 2.98. The standard InChI is InChI=1S/C10H11O2S/c1-10(2,9(11)13)12-8-6-4-3-5-7-8/h4-7H,1-2H3,(H,11,13). The Bertz CT molecular complexity index is 293. The van der Waals surface area contributed by atoms with E-state index in [9.17, 15) is 4.79 Å². The molecule has 0 spiro atoms. The van der Waals surface area contributed by atoms with Crippen LogP contribution in [-0.4, -0.2) is 10.7 Å². The highest BCUT2D eigenvalue weighted by atomic mass is 32.1. The van der Waals surface area contributed by atoms with E-state index in [4.69, 9.17) is 4.74 Å². The molecule has 0 aliphatic carbocycles. The molecule has 0 atom stereocenters. The first kappa shape index (κ1) is 10.1. The molecule has 0 heterocycles. The van der Waals surface area contributed by atoms with Crippen LogP contribution in [0.2, 0.25) is 0 Å². The molecule has 1 aromatic carbocycles. The molecule has 0 unspecified atom stereocenters. The molecule has 0 fully saturated rings. The Morgan fingerprint density at radius 3 is 2.46 bits per heavy atom. The molecule has 1 aromatic rings. The van der Waals surface area contributed by atoms with Gasteiger partial charge in [0.25, 0.3) is 0 Å². The zero-order valence-electron chi connectivity index (χ0n) is 7.57. The number of carbonyl (C=O) groups excluding carboxylic acids is 1. The fraction of sp³-hybridized carbons (Fsp3) is 0.300. The lowest BCUT2D eigenvalue weighted by atomic mass is 10.1. The molecule has 0 bridgehead atoms. The average Bonchev–Trinajstić information content (AvgIpc) is 2.05. The first-order chi connectivity index (χ1) is 6.02. The highest BCUT2D eigenvalue weighted by Crippen LogP contribution is 2.19. The Balaban J connectivity index is 2.75. The molecule has 3 heteroatoms. The smallest absolute Gasteiger partial charge is 0.228 e. The fourth-order valence-corrected chi connectivity index (χ4v) is 0.824. The molecular formula is C10H11O2S. The maximum Gasteiger partial charge on any atom is 0.228 e. The van der Waals surface area contributed by atoms with Gasteiger partial charge in [-0.3, -0.25) is 4.79 Å². The van der Waals surface area contributed by atoms with Crippen LogP contribution in [0.5, 0.6) is 5.75 Å². The maximum atomic E-state index is 11.0. The number of carbonyl (C=O) groups is 1. The molecule has 1 rings (SSSR count). The van der Waals surface area contributed by atoms with Crippen molar-refractivity contribution in [2.24, 2.45) is 0 Å². The van der Waals surface area contributed by atoms with Crippen molar-refractivity contribution >= 4 is 17.7 Å². The van der Waals surface area contributed by atoms with E-state index < -0.39 is 5.60 Å². The van der Waals surface area contributed by atoms with Crippen LogP contribution in [0.4, 0.5) is 0 Å². The quantitative estimate of drug-likeness (QED) is 0.747. The normalized spacial score (nSPS) is 11.0. The summed E-state index contributed by atoms with van der Waals surface area (Å²) in [5.41, 5.74) is -0.884. The van der Waals surface area contributed by atoms with Crippen LogP contribution in [0.25, 0.3) is 0 Å². The number of hydrogen-bond acceptors (Lipinski definition) is 2. The Hall–Kier alpha value is -0.960. The molecule has 1 radical (unpaired) electrons. The van der Waals surface area contributed by atoms with E-state index >= 15 is 0 Å². The van der Waals surface area contributed by atoms with Gasteiger partial charge < -0.3 is 4.74 Å². The molecule has 0 aliphatic heterocycles. The summed E-state index contributed by atoms with van der Waals surface area (Å²) in [5, 5.41) is -0.291. The Labute approximate surface area is 83.3 Å². The van der Waals surface area contributed by atoms with Gasteiger partial charge in [-0.15, -0.1) is 12.6 Å². The summed E-state index contributed by atoms with van der Waals surface area (Å²) in [6.07, 6.45) is 0. The summed E-state index contributed by atoms with van der Waals surface area (Å²) in [5.74, 6) is 0.645. The molecule has 0 amide bonds. The van der Waals surface area contributed by atoms with E-state index in [-0.39, 0.29) is 5.12 Å². The molecule has 69 valence electrons. The molecule has 0 saturated carbocycles. The van der Waals surface area contributed by atoms with Gasteiger partial charge in [0.2, 0.25) is 5.12 Å². The monoisotopic (exact) mass is 195 g/mol. The first-order valence-electron chi connectivity index (χ1n) is 3.91. The van der Waals surface area contributed by atoms with E-state index in [0.29, 0.717) is 5.75 Å². The van der Waals surface area contributed by atoms with Gasteiger partial charge in [0, 0.05) is 0 Å². The Morgan fingerprint density at radius 1 is 1.46 bits per heavy atom. The van der Waals surface area contributed by atoms with Crippen LogP contribution in [0.15, 0.2) is 24.3 Å². The number of thiol groups is 1. The summed E-state index contributed by atoms with van der Waals surface area (Å²) in [7, 11) is 0. The highest BCUT2D eigenvalue weighted by molar-refractivity contribution is 7.96. The average molecular weight is 195 g/mol. The number of rotatable bonds is 3. The van der Waals surface area contributed by atoms with Gasteiger partial charge >= 0.3 is 0 Å². The summed E-state index contributed by atoms with van der Waals surface area (Å²) in [4.78, 5) is 11.0. The molecule has 0 aromatic heterocycles. The van der Waals surface area contributed by atoms with Gasteiger partial charge in [0.05, 0.1) is 0 Å². The first-order valence-corrected chi connectivity index (χ1v) is 4.35. The zero-order valence-corrected chi connectivity index (χ0v) is 8.47. The van der Waals surface area contributed by atoms with Crippen molar-refractivity contribution < 1.29 is 9.53 Å². The lowest BCUT2D eigenvalue weighted by Gasteiger charge is -2.22. The van der Waals surface area contributed by atoms with Crippen molar-refractivity contribution in [3.8, 4) is 5.75 Å². The summed E-state index contributed by atoms with van der Waals surface area (Å²) in [6.45, 7) is 3.36. The molecule has 0 aliphatic rings. The second-order valence-corrected chi connectivity index (χ2v) is 3.56. The second kappa shape index (κ2) is 3.83. The molecule has 0 saturated heterocycles. The van der Waals surface area contributed by atoms with E-state index in [2.05, 4.69) is 18.7 Å². The van der Waals surface area contributed by atoms with Crippen molar-refractivity contribution in [3.05, 3.63) is 30.3 Å². The van der Waals surface area contributed by atoms with E-state index in [1.54, 1.807) is 38.1 Å². The third-order valence-electron chi connectivity index (χ3n) is 1.58. The maximum absolute atomic E-state index is 11.0. The van der Waals surface area contributed by atoms with Crippen molar-refractivity contribution in [1.29, 1.82) is 0 Å². The predicted molar refractivity (Wildman–Crippen MR) is 54.0 cm³/mol. The van der Waals surface area contributed by atoms with Crippen molar-refractivity contribution in [2.45, 2.75) is 19.4 Å². The van der Waals surface area contributed by atoms with E-state index in [0.717, 1.165) is 0 Å². The summed E-state index contributed by atoms with van der Waals surface area (Å²) < 4.78 is 5.42. The van der Waals surface area contributed by atoms with Gasteiger partial charge in [0.1, 0.15) is 5.75 Å². The van der Waals surface area contributed by atoms with Crippen LogP contribution in [-0.2, 0) is 4.79 Å². The summed E-state index contributed by atoms with van der Waals surface area (Å²) in [6, 6.07) is 9.82. The number of hydrogen-bond donors (Lipinski definition) is 1. The number of benzene rings is 1. The molecule has 13 heavy (non-hydrogen) atoms. The largest absolute Gasteiger partial charge is 0.479 e. The summed E-state index contributed by atoms with van der Waals surface area (Å²) >= 11 is 3.74. The lowest BCUT2D eigenvalue weighted by molar-refractivity contribution is -0.122. The fourth-order valence-electron chi connectivity index (χ4n) is 0.778. The van der Waals surface area contributed by atoms with Crippen molar-refractivity contribution in [2.75, 3.05) is 0 Å². The van der Waals surface area contributed by atoms with Crippen LogP contribution < -0.4 is 4.74 Å². The minimum absolute atomic E-state index is 0.291. The molecule has 2 nitrogen and oxygen atoms in total. The van der Waals surface area contributed by atoms with Crippen molar-refractivity contribution in [1.82, 2.24) is 0 Å². The van der Waals surface area contributed by atoms with Gasteiger partial charge in [-0.1, -0.05) is 12.1 Å². The van der Waals surface area contributed by atoms with Crippen molar-refractivity contribution in [3.63, 3.8) is 0 Å². The molecular weight excluding hydrogens is 184 g/mol. The number of ether oxygens (including phenoxy) is 1. The second-order valence-electron chi connectivity index (χ2n) is 3.15. The van der Waals surface area contributed by atoms with Gasteiger partial charge in [-0.2, -0.15) is 0 Å². The van der Waals surface area contributed by atoms with Gasteiger partial charge in [-0.25, -0.2) is 0 Å². The van der Waals surface area contributed by atoms with E-state index in [1.165, 1.54) is 0 Å². The third-order valence-corrected chi connectivity index (χ3v) is 2.11.